The van der Waals surface area contributed by atoms with E-state index in [1.807, 2.05) is 0 Å². The molecule has 2 rings (SSSR count). The number of halogens is 2. The molecule has 0 amide bonds. The largest absolute Gasteiger partial charge is 0.333 e. The lowest BCUT2D eigenvalue weighted by Crippen LogP contribution is -2.00. The molecule has 5 heteroatoms. The van der Waals surface area contributed by atoms with Gasteiger partial charge in [-0.1, -0.05) is 6.07 Å². The Balaban J connectivity index is 2.83. The molecule has 15 heavy (non-hydrogen) atoms. The summed E-state index contributed by atoms with van der Waals surface area (Å²) in [6.07, 6.45) is 0. The van der Waals surface area contributed by atoms with Crippen LogP contribution >= 0.6 is 0 Å². The summed E-state index contributed by atoms with van der Waals surface area (Å²) in [5, 5.41) is 12.7. The molecule has 0 saturated heterocycles. The van der Waals surface area contributed by atoms with Gasteiger partial charge in [0.2, 0.25) is 0 Å². The summed E-state index contributed by atoms with van der Waals surface area (Å²) in [7, 11) is 0. The van der Waals surface area contributed by atoms with Crippen molar-refractivity contribution in [2.75, 3.05) is 0 Å². The molecule has 0 unspecified atom stereocenters. The van der Waals surface area contributed by atoms with Crippen LogP contribution in [0.25, 0.3) is 10.9 Å². The van der Waals surface area contributed by atoms with E-state index < -0.39 is 6.55 Å². The molecule has 0 atom stereocenters. The van der Waals surface area contributed by atoms with Crippen molar-refractivity contribution in [1.82, 2.24) is 9.78 Å². The molecule has 0 fully saturated rings. The zero-order valence-electron chi connectivity index (χ0n) is 7.91. The molecule has 1 heterocycles. The van der Waals surface area contributed by atoms with Crippen molar-refractivity contribution in [3.05, 3.63) is 29.5 Å². The first-order chi connectivity index (χ1) is 7.13. The molecule has 0 aliphatic rings. The van der Waals surface area contributed by atoms with Gasteiger partial charge in [0.1, 0.15) is 6.07 Å². The lowest BCUT2D eigenvalue weighted by atomic mass is 10.1. The third kappa shape index (κ3) is 1.44. The van der Waals surface area contributed by atoms with E-state index in [2.05, 4.69) is 5.10 Å². The molecule has 1 aromatic heterocycles. The molecule has 0 bridgehead atoms. The highest BCUT2D eigenvalue weighted by Crippen LogP contribution is 2.23. The van der Waals surface area contributed by atoms with Crippen molar-refractivity contribution in [1.29, 1.82) is 5.26 Å². The molecule has 3 nitrogen and oxygen atoms in total. The van der Waals surface area contributed by atoms with Gasteiger partial charge in [0, 0.05) is 5.39 Å². The van der Waals surface area contributed by atoms with E-state index >= 15 is 0 Å². The summed E-state index contributed by atoms with van der Waals surface area (Å²) in [5.41, 5.74) is 1.18. The summed E-state index contributed by atoms with van der Waals surface area (Å²) in [4.78, 5) is 0. The first kappa shape index (κ1) is 9.59. The second-order valence-corrected chi connectivity index (χ2v) is 3.20. The molecule has 0 radical (unpaired) electrons. The fraction of sp³-hybridized carbons (Fsp3) is 0.200. The Labute approximate surface area is 84.5 Å². The van der Waals surface area contributed by atoms with E-state index in [9.17, 15) is 8.78 Å². The van der Waals surface area contributed by atoms with Crippen molar-refractivity contribution in [3.63, 3.8) is 0 Å². The summed E-state index contributed by atoms with van der Waals surface area (Å²) < 4.78 is 25.7. The summed E-state index contributed by atoms with van der Waals surface area (Å²) in [5.74, 6) is 0. The minimum atomic E-state index is -2.73. The lowest BCUT2D eigenvalue weighted by molar-refractivity contribution is 0.0614. The molecular formula is C10H7F2N3. The number of alkyl halides is 2. The van der Waals surface area contributed by atoms with Gasteiger partial charge in [-0.2, -0.15) is 19.1 Å². The Morgan fingerprint density at radius 2 is 2.20 bits per heavy atom. The maximum Gasteiger partial charge on any atom is 0.333 e. The number of benzene rings is 1. The number of aromatic nitrogens is 2. The third-order valence-electron chi connectivity index (χ3n) is 2.15. The normalized spacial score (nSPS) is 10.9. The number of aryl methyl sites for hydroxylation is 1. The number of rotatable bonds is 1. The molecule has 0 N–H and O–H groups in total. The van der Waals surface area contributed by atoms with Crippen LogP contribution in [0.1, 0.15) is 17.8 Å². The predicted octanol–water partition coefficient (Wildman–Crippen LogP) is 2.61. The van der Waals surface area contributed by atoms with E-state index in [4.69, 9.17) is 5.26 Å². The number of fused-ring (bicyclic) bond motifs is 1. The third-order valence-corrected chi connectivity index (χ3v) is 2.15. The number of hydrogen-bond acceptors (Lipinski definition) is 2. The maximum absolute atomic E-state index is 12.6. The van der Waals surface area contributed by atoms with Crippen molar-refractivity contribution in [3.8, 4) is 6.07 Å². The molecule has 0 spiro atoms. The van der Waals surface area contributed by atoms with Crippen LogP contribution in [0.15, 0.2) is 18.2 Å². The molecule has 0 aliphatic heterocycles. The van der Waals surface area contributed by atoms with Gasteiger partial charge in [0.05, 0.1) is 5.52 Å². The van der Waals surface area contributed by atoms with Crippen LogP contribution in [0.4, 0.5) is 8.78 Å². The predicted molar refractivity (Wildman–Crippen MR) is 50.4 cm³/mol. The van der Waals surface area contributed by atoms with Crippen LogP contribution in [0.5, 0.6) is 0 Å². The van der Waals surface area contributed by atoms with E-state index in [1.165, 1.54) is 0 Å². The topological polar surface area (TPSA) is 41.6 Å². The quantitative estimate of drug-likeness (QED) is 0.721. The van der Waals surface area contributed by atoms with E-state index in [0.29, 0.717) is 15.6 Å². The Kier molecular flexibility index (Phi) is 2.12. The molecule has 0 aliphatic carbocycles. The average molecular weight is 207 g/mol. The minimum Gasteiger partial charge on any atom is -0.202 e. The minimum absolute atomic E-state index is 0.0327. The van der Waals surface area contributed by atoms with Crippen LogP contribution in [0, 0.1) is 18.3 Å². The van der Waals surface area contributed by atoms with Gasteiger partial charge in [0.25, 0.3) is 0 Å². The Hall–Kier alpha value is -1.96. The van der Waals surface area contributed by atoms with E-state index in [1.54, 1.807) is 31.2 Å². The smallest absolute Gasteiger partial charge is 0.202 e. The van der Waals surface area contributed by atoms with Crippen molar-refractivity contribution < 1.29 is 8.78 Å². The van der Waals surface area contributed by atoms with Gasteiger partial charge >= 0.3 is 6.55 Å². The van der Waals surface area contributed by atoms with E-state index in [-0.39, 0.29) is 5.69 Å². The van der Waals surface area contributed by atoms with Crippen LogP contribution in [-0.2, 0) is 0 Å². The Morgan fingerprint density at radius 3 is 2.80 bits per heavy atom. The fourth-order valence-electron chi connectivity index (χ4n) is 1.48. The second kappa shape index (κ2) is 3.31. The van der Waals surface area contributed by atoms with Crippen LogP contribution in [0.3, 0.4) is 0 Å². The van der Waals surface area contributed by atoms with Gasteiger partial charge in [-0.15, -0.1) is 0 Å². The SMILES string of the molecule is Cc1ccc2c(C#N)nn(C(F)F)c2c1. The number of hydrogen-bond donors (Lipinski definition) is 0. The number of nitriles is 1. The zero-order valence-corrected chi connectivity index (χ0v) is 7.91. The highest BCUT2D eigenvalue weighted by molar-refractivity contribution is 5.84. The molecular weight excluding hydrogens is 200 g/mol. The van der Waals surface area contributed by atoms with Gasteiger partial charge in [-0.3, -0.25) is 0 Å². The standard InChI is InChI=1S/C10H7F2N3/c1-6-2-3-7-8(5-13)14-15(10(11)12)9(7)4-6/h2-4,10H,1H3. The molecule has 2 aromatic rings. The van der Waals surface area contributed by atoms with Crippen LogP contribution < -0.4 is 0 Å². The first-order valence-electron chi connectivity index (χ1n) is 4.30. The molecule has 1 aromatic carbocycles. The van der Waals surface area contributed by atoms with Gasteiger partial charge in [-0.05, 0) is 24.6 Å². The zero-order chi connectivity index (χ0) is 11.0. The van der Waals surface area contributed by atoms with Gasteiger partial charge in [0.15, 0.2) is 5.69 Å². The second-order valence-electron chi connectivity index (χ2n) is 3.20. The average Bonchev–Trinajstić information content (AvgIpc) is 2.55. The van der Waals surface area contributed by atoms with E-state index in [0.717, 1.165) is 5.56 Å². The van der Waals surface area contributed by atoms with Crippen LogP contribution in [0.2, 0.25) is 0 Å². The van der Waals surface area contributed by atoms with Crippen molar-refractivity contribution >= 4 is 10.9 Å². The number of nitrogens with zero attached hydrogens (tertiary/aromatic N) is 3. The maximum atomic E-state index is 12.6. The Morgan fingerprint density at radius 1 is 1.47 bits per heavy atom. The summed E-state index contributed by atoms with van der Waals surface area (Å²) >= 11 is 0. The molecule has 0 saturated carbocycles. The molecule has 76 valence electrons. The fourth-order valence-corrected chi connectivity index (χ4v) is 1.48. The first-order valence-corrected chi connectivity index (χ1v) is 4.30. The van der Waals surface area contributed by atoms with Crippen molar-refractivity contribution in [2.45, 2.75) is 13.5 Å². The highest BCUT2D eigenvalue weighted by Gasteiger charge is 2.15. The van der Waals surface area contributed by atoms with Crippen molar-refractivity contribution in [2.24, 2.45) is 0 Å². The van der Waals surface area contributed by atoms with Gasteiger partial charge in [-0.25, -0.2) is 4.68 Å². The monoisotopic (exact) mass is 207 g/mol. The summed E-state index contributed by atoms with van der Waals surface area (Å²) in [6.45, 7) is -0.926. The summed E-state index contributed by atoms with van der Waals surface area (Å²) in [6, 6.07) is 6.79. The van der Waals surface area contributed by atoms with Gasteiger partial charge < -0.3 is 0 Å². The van der Waals surface area contributed by atoms with Crippen LogP contribution in [-0.4, -0.2) is 9.78 Å². The highest BCUT2D eigenvalue weighted by atomic mass is 19.3. The Bertz CT molecular complexity index is 552. The lowest BCUT2D eigenvalue weighted by Gasteiger charge is -2.00.